The van der Waals surface area contributed by atoms with E-state index >= 15 is 0 Å². The van der Waals surface area contributed by atoms with E-state index in [9.17, 15) is 0 Å². The van der Waals surface area contributed by atoms with Gasteiger partial charge in [0.15, 0.2) is 0 Å². The number of hydrogen-bond acceptors (Lipinski definition) is 3. The number of aliphatic hydroxyl groups excluding tert-OH is 1. The Morgan fingerprint density at radius 2 is 1.88 bits per heavy atom. The van der Waals surface area contributed by atoms with Crippen molar-refractivity contribution >= 4 is 7.12 Å². The third kappa shape index (κ3) is 2.44. The average Bonchev–Trinajstić information content (AvgIpc) is 2.48. The van der Waals surface area contributed by atoms with E-state index in [2.05, 4.69) is 33.8 Å². The Labute approximate surface area is 104 Å². The summed E-state index contributed by atoms with van der Waals surface area (Å²) in [5, 5.41) is 9.12. The topological polar surface area (TPSA) is 38.7 Å². The van der Waals surface area contributed by atoms with Crippen LogP contribution in [0.5, 0.6) is 0 Å². The molecule has 1 aliphatic heterocycles. The van der Waals surface area contributed by atoms with Crippen LogP contribution in [-0.2, 0) is 9.31 Å². The van der Waals surface area contributed by atoms with Gasteiger partial charge in [0.25, 0.3) is 0 Å². The molecule has 0 bridgehead atoms. The molecule has 0 spiro atoms. The summed E-state index contributed by atoms with van der Waals surface area (Å²) in [6, 6.07) is 0. The van der Waals surface area contributed by atoms with Crippen LogP contribution in [0.1, 0.15) is 47.0 Å². The molecule has 1 heterocycles. The molecular formula is C13H23BO3. The first-order valence-corrected chi connectivity index (χ1v) is 6.51. The van der Waals surface area contributed by atoms with Crippen LogP contribution < -0.4 is 0 Å². The summed E-state index contributed by atoms with van der Waals surface area (Å²) < 4.78 is 12.0. The number of aliphatic hydroxyl groups is 1. The van der Waals surface area contributed by atoms with Gasteiger partial charge in [0.05, 0.1) is 11.2 Å². The fourth-order valence-corrected chi connectivity index (χ4v) is 2.28. The molecule has 17 heavy (non-hydrogen) atoms. The summed E-state index contributed by atoms with van der Waals surface area (Å²) in [6.45, 7) is 8.59. The molecule has 0 amide bonds. The molecule has 0 aromatic heterocycles. The Kier molecular flexibility index (Phi) is 3.41. The maximum Gasteiger partial charge on any atom is 0.490 e. The monoisotopic (exact) mass is 238 g/mol. The largest absolute Gasteiger partial charge is 0.490 e. The first-order valence-electron chi connectivity index (χ1n) is 6.51. The van der Waals surface area contributed by atoms with Gasteiger partial charge in [-0.15, -0.1) is 0 Å². The second kappa shape index (κ2) is 4.41. The summed E-state index contributed by atoms with van der Waals surface area (Å²) in [7, 11) is -0.195. The molecule has 4 heteroatoms. The molecule has 0 unspecified atom stereocenters. The third-order valence-electron chi connectivity index (χ3n) is 4.37. The Hall–Kier alpha value is -0.315. The highest BCUT2D eigenvalue weighted by molar-refractivity contribution is 6.54. The van der Waals surface area contributed by atoms with Crippen molar-refractivity contribution in [1.29, 1.82) is 0 Å². The Morgan fingerprint density at radius 3 is 2.29 bits per heavy atom. The standard InChI is InChI=1S/C13H23BO3/c1-12(2)13(3,4)17-14(16-12)11-7-5-10(9-15)6-8-11/h7,10,15H,5-6,8-9H2,1-4H3/t10-/m0/s1. The highest BCUT2D eigenvalue weighted by atomic mass is 16.7. The highest BCUT2D eigenvalue weighted by Crippen LogP contribution is 2.40. The number of rotatable bonds is 2. The van der Waals surface area contributed by atoms with Crippen LogP contribution in [0.4, 0.5) is 0 Å². The van der Waals surface area contributed by atoms with E-state index in [0.717, 1.165) is 19.3 Å². The van der Waals surface area contributed by atoms with Crippen LogP contribution in [0.2, 0.25) is 0 Å². The molecule has 1 aliphatic carbocycles. The van der Waals surface area contributed by atoms with E-state index in [0.29, 0.717) is 5.92 Å². The molecular weight excluding hydrogens is 215 g/mol. The van der Waals surface area contributed by atoms with Gasteiger partial charge in [-0.2, -0.15) is 0 Å². The van der Waals surface area contributed by atoms with Crippen LogP contribution in [0.3, 0.4) is 0 Å². The van der Waals surface area contributed by atoms with Crippen molar-refractivity contribution in [2.45, 2.75) is 58.2 Å². The van der Waals surface area contributed by atoms with Crippen LogP contribution in [0.25, 0.3) is 0 Å². The summed E-state index contributed by atoms with van der Waals surface area (Å²) in [5.41, 5.74) is 0.729. The van der Waals surface area contributed by atoms with Gasteiger partial charge in [-0.25, -0.2) is 0 Å². The average molecular weight is 238 g/mol. The molecule has 2 aliphatic rings. The fraction of sp³-hybridized carbons (Fsp3) is 0.846. The first kappa shape index (κ1) is 13.1. The van der Waals surface area contributed by atoms with Gasteiger partial charge in [0, 0.05) is 6.61 Å². The second-order valence-corrected chi connectivity index (χ2v) is 6.19. The lowest BCUT2D eigenvalue weighted by molar-refractivity contribution is 0.00578. The summed E-state index contributed by atoms with van der Waals surface area (Å²) in [6.07, 6.45) is 5.14. The molecule has 1 atom stereocenters. The van der Waals surface area contributed by atoms with Crippen LogP contribution >= 0.6 is 0 Å². The Morgan fingerprint density at radius 1 is 1.29 bits per heavy atom. The molecule has 0 aromatic carbocycles. The lowest BCUT2D eigenvalue weighted by Crippen LogP contribution is -2.41. The minimum absolute atomic E-state index is 0.195. The van der Waals surface area contributed by atoms with Crippen LogP contribution in [0, 0.1) is 5.92 Å². The van der Waals surface area contributed by atoms with Gasteiger partial charge in [0.1, 0.15) is 0 Å². The van der Waals surface area contributed by atoms with Crippen molar-refractivity contribution in [3.05, 3.63) is 11.5 Å². The zero-order valence-electron chi connectivity index (χ0n) is 11.3. The van der Waals surface area contributed by atoms with E-state index < -0.39 is 0 Å². The Balaban J connectivity index is 2.05. The van der Waals surface area contributed by atoms with E-state index in [1.807, 2.05) is 0 Å². The van der Waals surface area contributed by atoms with Gasteiger partial charge in [0.2, 0.25) is 0 Å². The van der Waals surface area contributed by atoms with Crippen molar-refractivity contribution in [2.24, 2.45) is 5.92 Å². The SMILES string of the molecule is CC1(C)OB(C2=CC[C@H](CO)CC2)OC1(C)C. The quantitative estimate of drug-likeness (QED) is 0.750. The van der Waals surface area contributed by atoms with Crippen molar-refractivity contribution in [3.8, 4) is 0 Å². The van der Waals surface area contributed by atoms with Crippen LogP contribution in [0.15, 0.2) is 11.5 Å². The smallest absolute Gasteiger partial charge is 0.400 e. The lowest BCUT2D eigenvalue weighted by Gasteiger charge is -2.32. The van der Waals surface area contributed by atoms with Crippen molar-refractivity contribution in [3.63, 3.8) is 0 Å². The molecule has 1 N–H and O–H groups in total. The number of allylic oxidation sites excluding steroid dienone is 2. The van der Waals surface area contributed by atoms with Crippen LogP contribution in [-0.4, -0.2) is 30.0 Å². The zero-order chi connectivity index (χ0) is 12.7. The lowest BCUT2D eigenvalue weighted by atomic mass is 9.71. The minimum atomic E-state index is -0.258. The summed E-state index contributed by atoms with van der Waals surface area (Å²) in [4.78, 5) is 0. The molecule has 96 valence electrons. The van der Waals surface area contributed by atoms with E-state index in [4.69, 9.17) is 14.4 Å². The van der Waals surface area contributed by atoms with E-state index in [-0.39, 0.29) is 24.9 Å². The van der Waals surface area contributed by atoms with Gasteiger partial charge in [-0.1, -0.05) is 6.08 Å². The summed E-state index contributed by atoms with van der Waals surface area (Å²) in [5.74, 6) is 0.418. The van der Waals surface area contributed by atoms with Crippen molar-refractivity contribution in [2.75, 3.05) is 6.61 Å². The molecule has 1 fully saturated rings. The number of hydrogen-bond donors (Lipinski definition) is 1. The summed E-state index contributed by atoms with van der Waals surface area (Å²) >= 11 is 0. The van der Waals surface area contributed by atoms with Crippen molar-refractivity contribution in [1.82, 2.24) is 0 Å². The van der Waals surface area contributed by atoms with Gasteiger partial charge in [-0.05, 0) is 58.3 Å². The predicted octanol–water partition coefficient (Wildman–Crippen LogP) is 2.34. The molecule has 3 nitrogen and oxygen atoms in total. The molecule has 0 aromatic rings. The third-order valence-corrected chi connectivity index (χ3v) is 4.37. The van der Waals surface area contributed by atoms with Crippen molar-refractivity contribution < 1.29 is 14.4 Å². The molecule has 0 radical (unpaired) electrons. The zero-order valence-corrected chi connectivity index (χ0v) is 11.3. The first-order chi connectivity index (χ1) is 7.86. The minimum Gasteiger partial charge on any atom is -0.400 e. The molecule has 0 saturated carbocycles. The van der Waals surface area contributed by atoms with E-state index in [1.54, 1.807) is 0 Å². The fourth-order valence-electron chi connectivity index (χ4n) is 2.28. The van der Waals surface area contributed by atoms with Gasteiger partial charge >= 0.3 is 7.12 Å². The second-order valence-electron chi connectivity index (χ2n) is 6.19. The van der Waals surface area contributed by atoms with Gasteiger partial charge in [-0.3, -0.25) is 0 Å². The van der Waals surface area contributed by atoms with E-state index in [1.165, 1.54) is 5.47 Å². The molecule has 2 rings (SSSR count). The normalized spacial score (nSPS) is 31.5. The maximum absolute atomic E-state index is 9.12. The predicted molar refractivity (Wildman–Crippen MR) is 68.6 cm³/mol. The maximum atomic E-state index is 9.12. The Bertz CT molecular complexity index is 307. The van der Waals surface area contributed by atoms with Gasteiger partial charge < -0.3 is 14.4 Å². The molecule has 1 saturated heterocycles. The highest BCUT2D eigenvalue weighted by Gasteiger charge is 2.52.